The quantitative estimate of drug-likeness (QED) is 0.583. The highest BCUT2D eigenvalue weighted by atomic mass is 16.5. The minimum atomic E-state index is -0.409. The third-order valence-corrected chi connectivity index (χ3v) is 6.14. The van der Waals surface area contributed by atoms with E-state index in [0.717, 1.165) is 6.42 Å². The summed E-state index contributed by atoms with van der Waals surface area (Å²) in [6.45, 7) is 1.46. The predicted octanol–water partition coefficient (Wildman–Crippen LogP) is 1.56. The third-order valence-electron chi connectivity index (χ3n) is 6.14. The van der Waals surface area contributed by atoms with Gasteiger partial charge in [-0.15, -0.1) is 0 Å². The average Bonchev–Trinajstić information content (AvgIpc) is 3.24. The van der Waals surface area contributed by atoms with Gasteiger partial charge < -0.3 is 14.2 Å². The summed E-state index contributed by atoms with van der Waals surface area (Å²) in [6.07, 6.45) is 7.15. The lowest BCUT2D eigenvalue weighted by atomic mass is 9.66. The topological polar surface area (TPSA) is 61.8 Å². The first-order valence-electron chi connectivity index (χ1n) is 8.15. The van der Waals surface area contributed by atoms with E-state index in [1.165, 1.54) is 20.5 Å². The normalized spacial score (nSPS) is 44.9. The number of carbonyl (C=O) groups excluding carboxylic acids is 2. The van der Waals surface area contributed by atoms with Crippen LogP contribution in [0.2, 0.25) is 0 Å². The molecule has 0 aromatic heterocycles. The van der Waals surface area contributed by atoms with Crippen molar-refractivity contribution in [2.45, 2.75) is 32.0 Å². The molecule has 0 spiro atoms. The molecule has 8 atom stereocenters. The SMILES string of the molecule is COC(=O)C(COC(C)=O)C1CC2OC1C1C3C=CC(C3)C21. The zero-order valence-electron chi connectivity index (χ0n) is 12.9. The van der Waals surface area contributed by atoms with Gasteiger partial charge in [-0.3, -0.25) is 9.59 Å². The molecule has 1 saturated carbocycles. The second kappa shape index (κ2) is 5.08. The smallest absolute Gasteiger partial charge is 0.312 e. The highest BCUT2D eigenvalue weighted by Gasteiger charge is 2.64. The van der Waals surface area contributed by atoms with Crippen LogP contribution in [0.1, 0.15) is 19.8 Å². The molecule has 4 bridgehead atoms. The van der Waals surface area contributed by atoms with Crippen LogP contribution in [-0.2, 0) is 23.8 Å². The van der Waals surface area contributed by atoms with Gasteiger partial charge in [0.05, 0.1) is 25.2 Å². The van der Waals surface area contributed by atoms with E-state index < -0.39 is 5.92 Å². The molecule has 0 aromatic carbocycles. The number of fused-ring (bicyclic) bond motifs is 9. The Bertz CT molecular complexity index is 527. The second-order valence-corrected chi connectivity index (χ2v) is 7.07. The van der Waals surface area contributed by atoms with Gasteiger partial charge in [0, 0.05) is 12.8 Å². The Balaban J connectivity index is 1.53. The summed E-state index contributed by atoms with van der Waals surface area (Å²) in [7, 11) is 1.39. The van der Waals surface area contributed by atoms with Crippen LogP contribution in [0.4, 0.5) is 0 Å². The van der Waals surface area contributed by atoms with Gasteiger partial charge in [0.25, 0.3) is 0 Å². The maximum absolute atomic E-state index is 12.2. The van der Waals surface area contributed by atoms with Crippen molar-refractivity contribution in [1.82, 2.24) is 0 Å². The number of rotatable bonds is 4. The van der Waals surface area contributed by atoms with Gasteiger partial charge >= 0.3 is 11.9 Å². The molecule has 4 rings (SSSR count). The fraction of sp³-hybridized carbons (Fsp3) is 0.765. The molecule has 2 aliphatic heterocycles. The van der Waals surface area contributed by atoms with Crippen molar-refractivity contribution in [2.24, 2.45) is 35.5 Å². The van der Waals surface area contributed by atoms with Crippen molar-refractivity contribution >= 4 is 11.9 Å². The molecule has 5 heteroatoms. The van der Waals surface area contributed by atoms with Gasteiger partial charge in [0.2, 0.25) is 0 Å². The van der Waals surface area contributed by atoms with E-state index in [0.29, 0.717) is 23.7 Å². The summed E-state index contributed by atoms with van der Waals surface area (Å²) in [5, 5.41) is 0. The lowest BCUT2D eigenvalue weighted by molar-refractivity contribution is -0.155. The van der Waals surface area contributed by atoms with E-state index in [2.05, 4.69) is 12.2 Å². The highest BCUT2D eigenvalue weighted by molar-refractivity contribution is 5.74. The van der Waals surface area contributed by atoms with Crippen molar-refractivity contribution in [3.63, 3.8) is 0 Å². The number of allylic oxidation sites excluding steroid dienone is 2. The molecule has 120 valence electrons. The maximum Gasteiger partial charge on any atom is 0.312 e. The third kappa shape index (κ3) is 1.94. The van der Waals surface area contributed by atoms with E-state index in [1.807, 2.05) is 0 Å². The zero-order chi connectivity index (χ0) is 15.4. The molecular formula is C17H22O5. The van der Waals surface area contributed by atoms with Gasteiger partial charge in [-0.1, -0.05) is 12.2 Å². The van der Waals surface area contributed by atoms with E-state index in [4.69, 9.17) is 14.2 Å². The molecule has 0 aromatic rings. The van der Waals surface area contributed by atoms with Crippen LogP contribution < -0.4 is 0 Å². The van der Waals surface area contributed by atoms with E-state index in [-0.39, 0.29) is 36.7 Å². The Morgan fingerprint density at radius 3 is 2.64 bits per heavy atom. The van der Waals surface area contributed by atoms with E-state index in [9.17, 15) is 9.59 Å². The number of carbonyl (C=O) groups is 2. The zero-order valence-corrected chi connectivity index (χ0v) is 12.9. The molecule has 22 heavy (non-hydrogen) atoms. The number of hydrogen-bond acceptors (Lipinski definition) is 5. The van der Waals surface area contributed by atoms with Crippen molar-refractivity contribution in [2.75, 3.05) is 13.7 Å². The number of ether oxygens (including phenoxy) is 3. The van der Waals surface area contributed by atoms with Gasteiger partial charge in [-0.25, -0.2) is 0 Å². The molecule has 0 N–H and O–H groups in total. The number of esters is 2. The maximum atomic E-state index is 12.2. The molecule has 0 radical (unpaired) electrons. The molecule has 3 fully saturated rings. The number of methoxy groups -OCH3 is 1. The summed E-state index contributed by atoms with van der Waals surface area (Å²) in [4.78, 5) is 23.3. The molecule has 2 aliphatic carbocycles. The second-order valence-electron chi connectivity index (χ2n) is 7.07. The van der Waals surface area contributed by atoms with Gasteiger partial charge in [-0.2, -0.15) is 0 Å². The minimum Gasteiger partial charge on any atom is -0.469 e. The van der Waals surface area contributed by atoms with Crippen molar-refractivity contribution < 1.29 is 23.8 Å². The van der Waals surface area contributed by atoms with Crippen molar-refractivity contribution in [3.8, 4) is 0 Å². The molecule has 0 amide bonds. The summed E-state index contributed by atoms with van der Waals surface area (Å²) in [6, 6.07) is 0. The van der Waals surface area contributed by atoms with Crippen LogP contribution in [0.25, 0.3) is 0 Å². The first-order chi connectivity index (χ1) is 10.6. The Morgan fingerprint density at radius 2 is 1.95 bits per heavy atom. The van der Waals surface area contributed by atoms with Crippen LogP contribution in [0.15, 0.2) is 12.2 Å². The van der Waals surface area contributed by atoms with E-state index in [1.54, 1.807) is 0 Å². The Hall–Kier alpha value is -1.36. The van der Waals surface area contributed by atoms with Crippen LogP contribution in [0.5, 0.6) is 0 Å². The number of hydrogen-bond donors (Lipinski definition) is 0. The van der Waals surface area contributed by atoms with Crippen molar-refractivity contribution in [3.05, 3.63) is 12.2 Å². The van der Waals surface area contributed by atoms with Gasteiger partial charge in [-0.05, 0) is 36.5 Å². The average molecular weight is 306 g/mol. The van der Waals surface area contributed by atoms with Crippen LogP contribution in [0.3, 0.4) is 0 Å². The Labute approximate surface area is 130 Å². The Kier molecular flexibility index (Phi) is 3.29. The largest absolute Gasteiger partial charge is 0.469 e. The fourth-order valence-electron chi connectivity index (χ4n) is 5.39. The standard InChI is InChI=1S/C17H22O5/c1-8(18)21-7-12(17(19)20-2)11-6-13-14-9-3-4-10(5-9)15(14)16(11)22-13/h3-4,9-16H,5-7H2,1-2H3. The van der Waals surface area contributed by atoms with Gasteiger partial charge in [0.15, 0.2) is 0 Å². The highest BCUT2D eigenvalue weighted by Crippen LogP contribution is 2.62. The minimum absolute atomic E-state index is 0.0978. The summed E-state index contributed by atoms with van der Waals surface area (Å²) in [5.74, 6) is 1.46. The monoisotopic (exact) mass is 306 g/mol. The van der Waals surface area contributed by atoms with Crippen molar-refractivity contribution in [1.29, 1.82) is 0 Å². The lowest BCUT2D eigenvalue weighted by Crippen LogP contribution is -2.42. The molecule has 2 saturated heterocycles. The van der Waals surface area contributed by atoms with Gasteiger partial charge in [0.1, 0.15) is 6.61 Å². The molecule has 8 unspecified atom stereocenters. The van der Waals surface area contributed by atoms with Crippen LogP contribution in [0, 0.1) is 35.5 Å². The molecule has 5 nitrogen and oxygen atoms in total. The molecule has 4 aliphatic rings. The van der Waals surface area contributed by atoms with Crippen LogP contribution in [-0.4, -0.2) is 37.9 Å². The summed E-state index contributed by atoms with van der Waals surface area (Å²) < 4.78 is 16.3. The first kappa shape index (κ1) is 14.2. The summed E-state index contributed by atoms with van der Waals surface area (Å²) in [5.41, 5.74) is 0. The Morgan fingerprint density at radius 1 is 1.23 bits per heavy atom. The summed E-state index contributed by atoms with van der Waals surface area (Å²) >= 11 is 0. The predicted molar refractivity (Wildman–Crippen MR) is 76.6 cm³/mol. The fourth-order valence-corrected chi connectivity index (χ4v) is 5.39. The lowest BCUT2D eigenvalue weighted by Gasteiger charge is -2.35. The van der Waals surface area contributed by atoms with E-state index >= 15 is 0 Å². The molecular weight excluding hydrogens is 284 g/mol. The first-order valence-corrected chi connectivity index (χ1v) is 8.15. The van der Waals surface area contributed by atoms with Crippen LogP contribution >= 0.6 is 0 Å². The molecule has 2 heterocycles.